The molecule has 0 fully saturated rings. The maximum absolute atomic E-state index is 6.18. The lowest BCUT2D eigenvalue weighted by molar-refractivity contribution is 0.412. The fourth-order valence-corrected chi connectivity index (χ4v) is 3.67. The molecule has 3 aromatic carbocycles. The van der Waals surface area contributed by atoms with Crippen LogP contribution in [-0.4, -0.2) is 18.3 Å². The number of methoxy groups -OCH3 is 1. The molecule has 4 nitrogen and oxygen atoms in total. The first kappa shape index (κ1) is 19.0. The molecular formula is C21H13BrCl2N2O2. The van der Waals surface area contributed by atoms with Gasteiger partial charge in [-0.05, 0) is 64.5 Å². The van der Waals surface area contributed by atoms with Gasteiger partial charge in [0.1, 0.15) is 11.3 Å². The van der Waals surface area contributed by atoms with Gasteiger partial charge in [0.05, 0.1) is 22.3 Å². The van der Waals surface area contributed by atoms with Crippen molar-refractivity contribution in [3.63, 3.8) is 0 Å². The number of oxazole rings is 1. The van der Waals surface area contributed by atoms with Gasteiger partial charge in [0.15, 0.2) is 5.58 Å². The van der Waals surface area contributed by atoms with E-state index in [4.69, 9.17) is 32.4 Å². The Bertz CT molecular complexity index is 1200. The number of fused-ring (bicyclic) bond motifs is 1. The van der Waals surface area contributed by atoms with Crippen molar-refractivity contribution in [2.45, 2.75) is 0 Å². The molecule has 4 aromatic rings. The van der Waals surface area contributed by atoms with E-state index in [1.807, 2.05) is 42.5 Å². The van der Waals surface area contributed by atoms with Crippen molar-refractivity contribution in [2.24, 2.45) is 4.99 Å². The smallest absolute Gasteiger partial charge is 0.227 e. The minimum absolute atomic E-state index is 0.528. The van der Waals surface area contributed by atoms with Gasteiger partial charge in [-0.25, -0.2) is 4.98 Å². The molecule has 0 saturated carbocycles. The first-order valence-corrected chi connectivity index (χ1v) is 9.82. The normalized spacial score (nSPS) is 11.4. The molecule has 7 heteroatoms. The fraction of sp³-hybridized carbons (Fsp3) is 0.0476. The Kier molecular flexibility index (Phi) is 5.40. The molecule has 1 aromatic heterocycles. The van der Waals surface area contributed by atoms with E-state index >= 15 is 0 Å². The largest absolute Gasteiger partial charge is 0.496 e. The quantitative estimate of drug-likeness (QED) is 0.290. The van der Waals surface area contributed by atoms with Crippen molar-refractivity contribution in [1.29, 1.82) is 0 Å². The van der Waals surface area contributed by atoms with Gasteiger partial charge in [-0.15, -0.1) is 0 Å². The molecular weight excluding hydrogens is 463 g/mol. The lowest BCUT2D eigenvalue weighted by atomic mass is 10.2. The molecule has 0 saturated heterocycles. The van der Waals surface area contributed by atoms with E-state index in [0.29, 0.717) is 21.5 Å². The lowest BCUT2D eigenvalue weighted by Gasteiger charge is -2.03. The second-order valence-electron chi connectivity index (χ2n) is 5.94. The maximum Gasteiger partial charge on any atom is 0.227 e. The van der Waals surface area contributed by atoms with Crippen LogP contribution >= 0.6 is 39.1 Å². The van der Waals surface area contributed by atoms with E-state index in [2.05, 4.69) is 25.9 Å². The van der Waals surface area contributed by atoms with Gasteiger partial charge < -0.3 is 9.15 Å². The van der Waals surface area contributed by atoms with Crippen LogP contribution in [0.3, 0.4) is 0 Å². The van der Waals surface area contributed by atoms with Crippen molar-refractivity contribution in [2.75, 3.05) is 7.11 Å². The predicted molar refractivity (Wildman–Crippen MR) is 117 cm³/mol. The molecule has 0 radical (unpaired) electrons. The molecule has 0 aliphatic carbocycles. The van der Waals surface area contributed by atoms with Crippen LogP contribution in [0.1, 0.15) is 5.56 Å². The van der Waals surface area contributed by atoms with Gasteiger partial charge in [0, 0.05) is 22.4 Å². The van der Waals surface area contributed by atoms with E-state index in [1.54, 1.807) is 25.5 Å². The SMILES string of the molecule is COc1ccc(-c2nc3cc(N=Cc4ccc(Cl)cc4Cl)ccc3o2)cc1Br. The van der Waals surface area contributed by atoms with Crippen LogP contribution in [-0.2, 0) is 0 Å². The molecule has 1 heterocycles. The van der Waals surface area contributed by atoms with Gasteiger partial charge in [-0.3, -0.25) is 4.99 Å². The van der Waals surface area contributed by atoms with Crippen molar-refractivity contribution < 1.29 is 9.15 Å². The highest BCUT2D eigenvalue weighted by Gasteiger charge is 2.11. The van der Waals surface area contributed by atoms with E-state index in [-0.39, 0.29) is 0 Å². The van der Waals surface area contributed by atoms with E-state index < -0.39 is 0 Å². The van der Waals surface area contributed by atoms with Gasteiger partial charge in [-0.2, -0.15) is 0 Å². The van der Waals surface area contributed by atoms with Crippen molar-refractivity contribution in [1.82, 2.24) is 4.98 Å². The van der Waals surface area contributed by atoms with E-state index in [9.17, 15) is 0 Å². The Hall–Kier alpha value is -2.34. The third-order valence-electron chi connectivity index (χ3n) is 4.09. The zero-order chi connectivity index (χ0) is 19.7. The Morgan fingerprint density at radius 3 is 2.68 bits per heavy atom. The number of ether oxygens (including phenoxy) is 1. The standard InChI is InChI=1S/C21H13BrCl2N2O2/c1-27-19-6-3-12(8-16(19)22)21-26-18-10-15(5-7-20(18)28-21)25-11-13-2-4-14(23)9-17(13)24/h2-11H,1H3. The molecule has 4 rings (SSSR count). The van der Waals surface area contributed by atoms with E-state index in [1.165, 1.54) is 0 Å². The molecule has 0 aliphatic heterocycles. The number of rotatable bonds is 4. The van der Waals surface area contributed by atoms with E-state index in [0.717, 1.165) is 32.6 Å². The minimum Gasteiger partial charge on any atom is -0.496 e. The van der Waals surface area contributed by atoms with Crippen molar-refractivity contribution in [3.05, 3.63) is 74.7 Å². The molecule has 0 atom stereocenters. The Morgan fingerprint density at radius 2 is 1.93 bits per heavy atom. The first-order valence-electron chi connectivity index (χ1n) is 8.27. The Labute approximate surface area is 179 Å². The summed E-state index contributed by atoms with van der Waals surface area (Å²) in [6.45, 7) is 0. The average molecular weight is 476 g/mol. The zero-order valence-corrected chi connectivity index (χ0v) is 17.7. The van der Waals surface area contributed by atoms with Crippen LogP contribution in [0, 0.1) is 0 Å². The topological polar surface area (TPSA) is 47.6 Å². The summed E-state index contributed by atoms with van der Waals surface area (Å²) in [4.78, 5) is 9.06. The first-order chi connectivity index (χ1) is 13.5. The molecule has 0 amide bonds. The van der Waals surface area contributed by atoms with Crippen LogP contribution in [0.15, 0.2) is 68.5 Å². The molecule has 0 aliphatic rings. The molecule has 0 spiro atoms. The number of hydrogen-bond donors (Lipinski definition) is 0. The number of hydrogen-bond acceptors (Lipinski definition) is 4. The number of benzene rings is 3. The van der Waals surface area contributed by atoms with Crippen LogP contribution in [0.2, 0.25) is 10.0 Å². The molecule has 140 valence electrons. The van der Waals surface area contributed by atoms with Gasteiger partial charge in [0.2, 0.25) is 5.89 Å². The number of aromatic nitrogens is 1. The summed E-state index contributed by atoms with van der Waals surface area (Å²) in [6, 6.07) is 16.5. The average Bonchev–Trinajstić information content (AvgIpc) is 3.10. The van der Waals surface area contributed by atoms with Gasteiger partial charge >= 0.3 is 0 Å². The second kappa shape index (κ2) is 7.95. The summed E-state index contributed by atoms with van der Waals surface area (Å²) < 4.78 is 12.0. The highest BCUT2D eigenvalue weighted by molar-refractivity contribution is 9.10. The number of nitrogens with zero attached hydrogens (tertiary/aromatic N) is 2. The number of aliphatic imine (C=N–C) groups is 1. The summed E-state index contributed by atoms with van der Waals surface area (Å²) in [5, 5.41) is 1.13. The summed E-state index contributed by atoms with van der Waals surface area (Å²) >= 11 is 15.6. The van der Waals surface area contributed by atoms with Gasteiger partial charge in [-0.1, -0.05) is 29.3 Å². The van der Waals surface area contributed by atoms with Crippen LogP contribution in [0.25, 0.3) is 22.6 Å². The predicted octanol–water partition coefficient (Wildman–Crippen LogP) is 7.32. The van der Waals surface area contributed by atoms with Gasteiger partial charge in [0.25, 0.3) is 0 Å². The molecule has 0 N–H and O–H groups in total. The van der Waals surface area contributed by atoms with Crippen LogP contribution in [0.5, 0.6) is 5.75 Å². The maximum atomic E-state index is 6.18. The second-order valence-corrected chi connectivity index (χ2v) is 7.64. The Balaban J connectivity index is 1.64. The minimum atomic E-state index is 0.528. The molecule has 0 bridgehead atoms. The summed E-state index contributed by atoms with van der Waals surface area (Å²) in [6.07, 6.45) is 1.70. The molecule has 0 unspecified atom stereocenters. The van der Waals surface area contributed by atoms with Crippen molar-refractivity contribution >= 4 is 62.1 Å². The number of halogens is 3. The third kappa shape index (κ3) is 3.92. The summed E-state index contributed by atoms with van der Waals surface area (Å²) in [5.41, 5.74) is 3.79. The highest BCUT2D eigenvalue weighted by atomic mass is 79.9. The third-order valence-corrected chi connectivity index (χ3v) is 5.27. The van der Waals surface area contributed by atoms with Crippen LogP contribution < -0.4 is 4.74 Å². The fourth-order valence-electron chi connectivity index (χ4n) is 2.67. The summed E-state index contributed by atoms with van der Waals surface area (Å²) in [7, 11) is 1.62. The summed E-state index contributed by atoms with van der Waals surface area (Å²) in [5.74, 6) is 1.28. The lowest BCUT2D eigenvalue weighted by Crippen LogP contribution is -1.85. The monoisotopic (exact) mass is 474 g/mol. The Morgan fingerprint density at radius 1 is 1.07 bits per heavy atom. The zero-order valence-electron chi connectivity index (χ0n) is 14.6. The van der Waals surface area contributed by atoms with Crippen molar-refractivity contribution in [3.8, 4) is 17.2 Å². The van der Waals surface area contributed by atoms with Crippen LogP contribution in [0.4, 0.5) is 5.69 Å². The molecule has 28 heavy (non-hydrogen) atoms. The highest BCUT2D eigenvalue weighted by Crippen LogP contribution is 2.32.